The number of ether oxygens (including phenoxy) is 1. The Morgan fingerprint density at radius 3 is 2.50 bits per heavy atom. The van der Waals surface area contributed by atoms with Crippen LogP contribution in [-0.2, 0) is 10.2 Å². The Labute approximate surface area is 137 Å². The second-order valence-corrected chi connectivity index (χ2v) is 7.93. The van der Waals surface area contributed by atoms with Gasteiger partial charge in [-0.3, -0.25) is 0 Å². The third kappa shape index (κ3) is 4.40. The van der Waals surface area contributed by atoms with Crippen LogP contribution in [0.5, 0.6) is 0 Å². The Morgan fingerprint density at radius 1 is 1.32 bits per heavy atom. The van der Waals surface area contributed by atoms with Crippen molar-refractivity contribution in [3.05, 3.63) is 29.8 Å². The number of methoxy groups -OCH3 is 1. The van der Waals surface area contributed by atoms with E-state index in [0.29, 0.717) is 6.54 Å². The second kappa shape index (κ2) is 6.92. The molecule has 4 nitrogen and oxygen atoms in total. The van der Waals surface area contributed by atoms with Gasteiger partial charge in [0, 0.05) is 25.1 Å². The minimum Gasteiger partial charge on any atom is -0.376 e. The Balaban J connectivity index is 1.87. The fraction of sp³-hybridized carbons (Fsp3) is 0.588. The highest BCUT2D eigenvalue weighted by atomic mass is 32.2. The molecule has 0 spiro atoms. The number of rotatable bonds is 4. The molecule has 0 aromatic heterocycles. The Kier molecular flexibility index (Phi) is 5.40. The molecule has 2 rings (SSSR count). The summed E-state index contributed by atoms with van der Waals surface area (Å²) in [5, 5.41) is 5.79. The number of urea groups is 1. The zero-order valence-electron chi connectivity index (χ0n) is 13.9. The molecule has 1 heterocycles. The average molecular weight is 322 g/mol. The Hall–Kier alpha value is -1.20. The van der Waals surface area contributed by atoms with E-state index in [4.69, 9.17) is 4.74 Å². The fourth-order valence-electron chi connectivity index (χ4n) is 2.43. The van der Waals surface area contributed by atoms with Crippen LogP contribution >= 0.6 is 11.8 Å². The lowest BCUT2D eigenvalue weighted by atomic mass is 9.87. The molecule has 22 heavy (non-hydrogen) atoms. The van der Waals surface area contributed by atoms with Crippen LogP contribution in [0.3, 0.4) is 0 Å². The van der Waals surface area contributed by atoms with E-state index in [9.17, 15) is 4.79 Å². The van der Waals surface area contributed by atoms with Crippen molar-refractivity contribution in [2.24, 2.45) is 0 Å². The highest BCUT2D eigenvalue weighted by molar-refractivity contribution is 7.99. The van der Waals surface area contributed by atoms with Crippen molar-refractivity contribution in [3.63, 3.8) is 0 Å². The molecule has 1 aromatic carbocycles. The van der Waals surface area contributed by atoms with Gasteiger partial charge in [-0.05, 0) is 35.3 Å². The monoisotopic (exact) mass is 322 g/mol. The summed E-state index contributed by atoms with van der Waals surface area (Å²) < 4.78 is 5.59. The number of carbonyl (C=O) groups excluding carboxylic acids is 1. The maximum absolute atomic E-state index is 12.0. The summed E-state index contributed by atoms with van der Waals surface area (Å²) in [6.07, 6.45) is 0.981. The number of hydrogen-bond donors (Lipinski definition) is 2. The Morgan fingerprint density at radius 2 is 2.00 bits per heavy atom. The summed E-state index contributed by atoms with van der Waals surface area (Å²) in [4.78, 5) is 12.0. The number of anilines is 1. The highest BCUT2D eigenvalue weighted by Crippen LogP contribution is 2.30. The predicted octanol–water partition coefficient (Wildman–Crippen LogP) is 3.63. The van der Waals surface area contributed by atoms with Gasteiger partial charge < -0.3 is 15.4 Å². The van der Waals surface area contributed by atoms with Crippen molar-refractivity contribution < 1.29 is 9.53 Å². The molecule has 0 radical (unpaired) electrons. The molecule has 0 bridgehead atoms. The van der Waals surface area contributed by atoms with Crippen molar-refractivity contribution in [1.29, 1.82) is 0 Å². The van der Waals surface area contributed by atoms with Crippen molar-refractivity contribution in [2.75, 3.05) is 30.5 Å². The molecule has 0 saturated carbocycles. The van der Waals surface area contributed by atoms with Gasteiger partial charge in [0.2, 0.25) is 0 Å². The maximum atomic E-state index is 12.0. The maximum Gasteiger partial charge on any atom is 0.319 e. The third-order valence-electron chi connectivity index (χ3n) is 4.08. The van der Waals surface area contributed by atoms with E-state index >= 15 is 0 Å². The van der Waals surface area contributed by atoms with Crippen LogP contribution in [0.2, 0.25) is 0 Å². The van der Waals surface area contributed by atoms with E-state index in [-0.39, 0.29) is 17.0 Å². The molecule has 1 saturated heterocycles. The van der Waals surface area contributed by atoms with E-state index < -0.39 is 0 Å². The number of thioether (sulfide) groups is 1. The second-order valence-electron chi connectivity index (χ2n) is 6.82. The molecule has 1 fully saturated rings. The first-order valence-electron chi connectivity index (χ1n) is 7.63. The molecule has 1 aliphatic heterocycles. The van der Waals surface area contributed by atoms with Gasteiger partial charge in [-0.15, -0.1) is 0 Å². The zero-order chi connectivity index (χ0) is 16.2. The lowest BCUT2D eigenvalue weighted by Gasteiger charge is -2.26. The molecular formula is C17H26N2O2S. The largest absolute Gasteiger partial charge is 0.376 e. The van der Waals surface area contributed by atoms with Gasteiger partial charge in [-0.25, -0.2) is 4.79 Å². The summed E-state index contributed by atoms with van der Waals surface area (Å²) >= 11 is 1.87. The molecule has 1 atom stereocenters. The smallest absolute Gasteiger partial charge is 0.319 e. The van der Waals surface area contributed by atoms with Crippen LogP contribution in [0.15, 0.2) is 24.3 Å². The highest BCUT2D eigenvalue weighted by Gasteiger charge is 2.34. The molecule has 1 aromatic rings. The first-order chi connectivity index (χ1) is 10.3. The van der Waals surface area contributed by atoms with Gasteiger partial charge in [-0.1, -0.05) is 32.9 Å². The van der Waals surface area contributed by atoms with E-state index in [0.717, 1.165) is 23.6 Å². The molecule has 122 valence electrons. The van der Waals surface area contributed by atoms with Gasteiger partial charge in [0.05, 0.1) is 5.60 Å². The van der Waals surface area contributed by atoms with Crippen LogP contribution in [0.1, 0.15) is 32.8 Å². The van der Waals surface area contributed by atoms with Gasteiger partial charge >= 0.3 is 6.03 Å². The number of nitrogens with one attached hydrogen (secondary N) is 2. The van der Waals surface area contributed by atoms with Crippen molar-refractivity contribution >= 4 is 23.5 Å². The van der Waals surface area contributed by atoms with Gasteiger partial charge in [0.25, 0.3) is 0 Å². The summed E-state index contributed by atoms with van der Waals surface area (Å²) in [6, 6.07) is 7.81. The van der Waals surface area contributed by atoms with Crippen LogP contribution < -0.4 is 10.6 Å². The lowest BCUT2D eigenvalue weighted by molar-refractivity contribution is 0.0161. The van der Waals surface area contributed by atoms with Crippen LogP contribution in [0.25, 0.3) is 0 Å². The number of hydrogen-bond acceptors (Lipinski definition) is 3. The normalized spacial score (nSPS) is 21.6. The molecule has 1 aliphatic rings. The molecule has 0 aliphatic carbocycles. The van der Waals surface area contributed by atoms with Crippen LogP contribution in [-0.4, -0.2) is 36.8 Å². The van der Waals surface area contributed by atoms with Crippen molar-refractivity contribution in [2.45, 2.75) is 38.2 Å². The minimum atomic E-state index is -0.210. The summed E-state index contributed by atoms with van der Waals surface area (Å²) in [5.74, 6) is 2.02. The fourth-order valence-corrected chi connectivity index (χ4v) is 3.83. The number of amides is 2. The number of benzene rings is 1. The molecule has 0 unspecified atom stereocenters. The van der Waals surface area contributed by atoms with Crippen molar-refractivity contribution in [1.82, 2.24) is 5.32 Å². The third-order valence-corrected chi connectivity index (χ3v) is 5.30. The first-order valence-corrected chi connectivity index (χ1v) is 8.78. The van der Waals surface area contributed by atoms with Gasteiger partial charge in [-0.2, -0.15) is 11.8 Å². The van der Waals surface area contributed by atoms with Gasteiger partial charge in [0.15, 0.2) is 0 Å². The predicted molar refractivity (Wildman–Crippen MR) is 93.8 cm³/mol. The van der Waals surface area contributed by atoms with Gasteiger partial charge in [0.1, 0.15) is 0 Å². The Bertz CT molecular complexity index is 502. The minimum absolute atomic E-state index is 0.117. The molecule has 2 amide bonds. The summed E-state index contributed by atoms with van der Waals surface area (Å²) in [7, 11) is 1.72. The van der Waals surface area contributed by atoms with Crippen LogP contribution in [0.4, 0.5) is 10.5 Å². The summed E-state index contributed by atoms with van der Waals surface area (Å²) in [5.41, 5.74) is 1.96. The van der Waals surface area contributed by atoms with E-state index in [2.05, 4.69) is 43.5 Å². The average Bonchev–Trinajstić information content (AvgIpc) is 2.94. The molecule has 2 N–H and O–H groups in total. The van der Waals surface area contributed by atoms with E-state index in [1.165, 1.54) is 5.56 Å². The number of carbonyl (C=O) groups is 1. The quantitative estimate of drug-likeness (QED) is 0.890. The van der Waals surface area contributed by atoms with E-state index in [1.807, 2.05) is 23.9 Å². The molecule has 5 heteroatoms. The van der Waals surface area contributed by atoms with E-state index in [1.54, 1.807) is 7.11 Å². The van der Waals surface area contributed by atoms with Crippen LogP contribution in [0, 0.1) is 0 Å². The topological polar surface area (TPSA) is 50.4 Å². The zero-order valence-corrected chi connectivity index (χ0v) is 14.7. The molecular weight excluding hydrogens is 296 g/mol. The van der Waals surface area contributed by atoms with Crippen molar-refractivity contribution in [3.8, 4) is 0 Å². The lowest BCUT2D eigenvalue weighted by Crippen LogP contribution is -2.45. The SMILES string of the molecule is CO[C@]1(CNC(=O)Nc2ccc(C(C)(C)C)cc2)CCSC1. The first kappa shape index (κ1) is 17.2. The summed E-state index contributed by atoms with van der Waals surface area (Å²) in [6.45, 7) is 7.06. The standard InChI is InChI=1S/C17H26N2O2S/c1-16(2,3)13-5-7-14(8-6-13)19-15(20)18-11-17(21-4)9-10-22-12-17/h5-8H,9-12H2,1-4H3,(H2,18,19,20)/t17-/m0/s1.